The van der Waals surface area contributed by atoms with E-state index in [4.69, 9.17) is 23.8 Å². The predicted molar refractivity (Wildman–Crippen MR) is 158 cm³/mol. The SMILES string of the molecule is CO[C@@H]1[C@H](OP(OCCC#N)N(C(C)C)C(C)C)[C@@H](Cn2cncn2)O[C@H]1n1ccc(NC(=O)c2ccccc2)nc1=O. The molecule has 43 heavy (non-hydrogen) atoms. The van der Waals surface area contributed by atoms with Gasteiger partial charge in [-0.25, -0.2) is 14.4 Å². The summed E-state index contributed by atoms with van der Waals surface area (Å²) in [7, 11) is -0.137. The first kappa shape index (κ1) is 32.3. The maximum atomic E-state index is 13.3. The summed E-state index contributed by atoms with van der Waals surface area (Å²) in [6.07, 6.45) is 1.72. The maximum Gasteiger partial charge on any atom is 0.351 e. The standard InChI is InChI=1S/C28H37N8O6P/c1-19(2)36(20(3)4)43(40-15-9-13-29)42-24-22(16-34-18-30-17-31-34)41-27(25(24)39-5)35-14-12-23(33-28(35)38)32-26(37)21-10-7-6-8-11-21/h6-8,10-12,14,17-20,22,24-25,27H,9,15-16H2,1-5H3,(H,32,33,37,38)/t22-,24-,25-,27-,43?/m1/s1. The van der Waals surface area contributed by atoms with Crippen LogP contribution >= 0.6 is 8.53 Å². The smallest absolute Gasteiger partial charge is 0.351 e. The number of nitrogens with zero attached hydrogens (tertiary/aromatic N) is 7. The first-order valence-electron chi connectivity index (χ1n) is 13.9. The van der Waals surface area contributed by atoms with Gasteiger partial charge in [-0.1, -0.05) is 18.2 Å². The highest BCUT2D eigenvalue weighted by molar-refractivity contribution is 7.44. The predicted octanol–water partition coefficient (Wildman–Crippen LogP) is 3.36. The van der Waals surface area contributed by atoms with Crippen LogP contribution in [-0.2, 0) is 25.1 Å². The Morgan fingerprint density at radius 2 is 1.93 bits per heavy atom. The van der Waals surface area contributed by atoms with Crippen LogP contribution in [0.15, 0.2) is 60.0 Å². The van der Waals surface area contributed by atoms with Crippen molar-refractivity contribution in [1.82, 2.24) is 29.0 Å². The molecule has 0 bridgehead atoms. The first-order chi connectivity index (χ1) is 20.7. The quantitative estimate of drug-likeness (QED) is 0.210. The average Bonchev–Trinajstić information content (AvgIpc) is 3.61. The van der Waals surface area contributed by atoms with Gasteiger partial charge in [0.25, 0.3) is 14.4 Å². The van der Waals surface area contributed by atoms with Crippen LogP contribution in [0.5, 0.6) is 0 Å². The molecule has 1 N–H and O–H groups in total. The molecular weight excluding hydrogens is 575 g/mol. The third kappa shape index (κ3) is 8.08. The second kappa shape index (κ2) is 15.2. The van der Waals surface area contributed by atoms with Crippen molar-refractivity contribution in [2.45, 2.75) is 77.3 Å². The maximum absolute atomic E-state index is 13.3. The Bertz CT molecular complexity index is 1410. The van der Waals surface area contributed by atoms with E-state index in [9.17, 15) is 9.59 Å². The number of carbonyl (C=O) groups excluding carboxylic acids is 1. The zero-order valence-corrected chi connectivity index (χ0v) is 25.7. The van der Waals surface area contributed by atoms with Gasteiger partial charge in [-0.05, 0) is 45.9 Å². The zero-order chi connectivity index (χ0) is 30.9. The summed E-state index contributed by atoms with van der Waals surface area (Å²) < 4.78 is 30.2. The minimum absolute atomic E-state index is 0.0755. The molecule has 15 heteroatoms. The Kier molecular flexibility index (Phi) is 11.5. The van der Waals surface area contributed by atoms with Gasteiger partial charge in [0.2, 0.25) is 0 Å². The number of nitrogens with one attached hydrogen (secondary N) is 1. The van der Waals surface area contributed by atoms with E-state index in [1.165, 1.54) is 30.3 Å². The average molecular weight is 613 g/mol. The molecule has 1 aliphatic rings. The summed E-state index contributed by atoms with van der Waals surface area (Å²) in [5.41, 5.74) is -0.204. The molecule has 1 aliphatic heterocycles. The fourth-order valence-corrected chi connectivity index (χ4v) is 6.59. The summed E-state index contributed by atoms with van der Waals surface area (Å²) in [5, 5.41) is 16.0. The van der Waals surface area contributed by atoms with Gasteiger partial charge in [0.1, 0.15) is 36.8 Å². The number of amides is 1. The molecule has 0 spiro atoms. The molecular formula is C28H37N8O6P. The third-order valence-corrected chi connectivity index (χ3v) is 8.78. The molecule has 230 valence electrons. The van der Waals surface area contributed by atoms with E-state index in [-0.39, 0.29) is 43.4 Å². The number of carbonyl (C=O) groups is 1. The molecule has 4 rings (SSSR count). The zero-order valence-electron chi connectivity index (χ0n) is 24.8. The largest absolute Gasteiger partial charge is 0.374 e. The minimum Gasteiger partial charge on any atom is -0.374 e. The Morgan fingerprint density at radius 1 is 1.19 bits per heavy atom. The van der Waals surface area contributed by atoms with Gasteiger partial charge >= 0.3 is 5.69 Å². The Morgan fingerprint density at radius 3 is 2.53 bits per heavy atom. The Balaban J connectivity index is 1.62. The normalized spacial score (nSPS) is 20.9. The van der Waals surface area contributed by atoms with E-state index >= 15 is 0 Å². The Hall–Kier alpha value is -3.57. The van der Waals surface area contributed by atoms with Gasteiger partial charge in [0.05, 0.1) is 25.6 Å². The number of ether oxygens (including phenoxy) is 2. The van der Waals surface area contributed by atoms with Gasteiger partial charge in [-0.3, -0.25) is 14.0 Å². The summed E-state index contributed by atoms with van der Waals surface area (Å²) >= 11 is 0. The highest BCUT2D eigenvalue weighted by Gasteiger charge is 2.49. The molecule has 1 amide bonds. The van der Waals surface area contributed by atoms with Crippen LogP contribution in [-0.4, -0.2) is 79.0 Å². The van der Waals surface area contributed by atoms with Crippen molar-refractivity contribution in [3.8, 4) is 6.07 Å². The number of nitriles is 1. The lowest BCUT2D eigenvalue weighted by Gasteiger charge is -2.38. The van der Waals surface area contributed by atoms with E-state index in [1.807, 2.05) is 33.8 Å². The third-order valence-electron chi connectivity index (χ3n) is 6.65. The van der Waals surface area contributed by atoms with Crippen LogP contribution in [0.1, 0.15) is 50.7 Å². The number of benzene rings is 1. The summed E-state index contributed by atoms with van der Waals surface area (Å²) in [6.45, 7) is 8.64. The second-order valence-corrected chi connectivity index (χ2v) is 11.7. The van der Waals surface area contributed by atoms with E-state index in [1.54, 1.807) is 35.3 Å². The molecule has 3 aromatic rings. The van der Waals surface area contributed by atoms with Crippen molar-refractivity contribution in [1.29, 1.82) is 5.26 Å². The summed E-state index contributed by atoms with van der Waals surface area (Å²) in [6, 6.07) is 12.4. The van der Waals surface area contributed by atoms with Crippen LogP contribution in [0, 0.1) is 11.3 Å². The lowest BCUT2D eigenvalue weighted by atomic mass is 10.1. The number of rotatable bonds is 14. The molecule has 1 saturated heterocycles. The number of methoxy groups -OCH3 is 1. The molecule has 0 saturated carbocycles. The van der Waals surface area contributed by atoms with E-state index in [0.29, 0.717) is 5.56 Å². The van der Waals surface area contributed by atoms with Crippen LogP contribution < -0.4 is 11.0 Å². The fraction of sp³-hybridized carbons (Fsp3) is 0.500. The van der Waals surface area contributed by atoms with Crippen LogP contribution in [0.4, 0.5) is 5.82 Å². The highest BCUT2D eigenvalue weighted by atomic mass is 31.2. The highest BCUT2D eigenvalue weighted by Crippen LogP contribution is 2.50. The summed E-state index contributed by atoms with van der Waals surface area (Å²) in [5.74, 6) is -0.281. The van der Waals surface area contributed by atoms with Gasteiger partial charge in [-0.2, -0.15) is 15.3 Å². The van der Waals surface area contributed by atoms with E-state index < -0.39 is 38.8 Å². The van der Waals surface area contributed by atoms with Crippen molar-refractivity contribution in [2.75, 3.05) is 19.0 Å². The number of aromatic nitrogens is 5. The molecule has 14 nitrogen and oxygen atoms in total. The van der Waals surface area contributed by atoms with Crippen molar-refractivity contribution in [2.24, 2.45) is 0 Å². The van der Waals surface area contributed by atoms with Gasteiger partial charge in [-0.15, -0.1) is 0 Å². The minimum atomic E-state index is -1.65. The number of anilines is 1. The van der Waals surface area contributed by atoms with Crippen LogP contribution in [0.2, 0.25) is 0 Å². The van der Waals surface area contributed by atoms with Gasteiger partial charge in [0, 0.05) is 31.0 Å². The number of hydrogen-bond donors (Lipinski definition) is 1. The molecule has 0 radical (unpaired) electrons. The molecule has 1 fully saturated rings. The topological polar surface area (TPSA) is 159 Å². The molecule has 5 atom stereocenters. The second-order valence-electron chi connectivity index (χ2n) is 10.3. The summed E-state index contributed by atoms with van der Waals surface area (Å²) in [4.78, 5) is 33.9. The molecule has 1 unspecified atom stereocenters. The van der Waals surface area contributed by atoms with Crippen LogP contribution in [0.3, 0.4) is 0 Å². The lowest BCUT2D eigenvalue weighted by Crippen LogP contribution is -2.41. The lowest BCUT2D eigenvalue weighted by molar-refractivity contribution is -0.0563. The molecule has 3 heterocycles. The number of hydrogen-bond acceptors (Lipinski definition) is 11. The fourth-order valence-electron chi connectivity index (χ4n) is 4.82. The van der Waals surface area contributed by atoms with E-state index in [2.05, 4.69) is 31.1 Å². The first-order valence-corrected chi connectivity index (χ1v) is 15.1. The monoisotopic (exact) mass is 612 g/mol. The molecule has 1 aromatic carbocycles. The molecule has 2 aromatic heterocycles. The van der Waals surface area contributed by atoms with Crippen molar-refractivity contribution in [3.63, 3.8) is 0 Å². The van der Waals surface area contributed by atoms with Gasteiger partial charge in [0.15, 0.2) is 6.23 Å². The van der Waals surface area contributed by atoms with E-state index in [0.717, 1.165) is 0 Å². The van der Waals surface area contributed by atoms with Crippen molar-refractivity contribution in [3.05, 3.63) is 71.3 Å². The van der Waals surface area contributed by atoms with Crippen molar-refractivity contribution < 1.29 is 23.3 Å². The molecule has 0 aliphatic carbocycles. The van der Waals surface area contributed by atoms with Crippen molar-refractivity contribution >= 4 is 20.3 Å². The van der Waals surface area contributed by atoms with Crippen LogP contribution in [0.25, 0.3) is 0 Å². The van der Waals surface area contributed by atoms with Gasteiger partial charge < -0.3 is 23.8 Å². The Labute approximate surface area is 251 Å².